The number of nitrogens with two attached hydrogens (primary N) is 1. The summed E-state index contributed by atoms with van der Waals surface area (Å²) in [5.41, 5.74) is 6.54. The molecule has 1 unspecified atom stereocenters. The van der Waals surface area contributed by atoms with Crippen molar-refractivity contribution in [2.24, 2.45) is 0 Å². The normalized spacial score (nSPS) is 29.2. The Kier molecular flexibility index (Phi) is 4.44. The number of rotatable bonds is 5. The quantitative estimate of drug-likeness (QED) is 0.581. The zero-order valence-electron chi connectivity index (χ0n) is 12.8. The Morgan fingerprint density at radius 3 is 2.83 bits per heavy atom. The summed E-state index contributed by atoms with van der Waals surface area (Å²) in [6.45, 7) is 2.01. The van der Waals surface area contributed by atoms with Crippen molar-refractivity contribution >= 4 is 17.0 Å². The molecule has 0 amide bonds. The highest BCUT2D eigenvalue weighted by atomic mass is 16.6. The van der Waals surface area contributed by atoms with Crippen molar-refractivity contribution in [1.82, 2.24) is 19.5 Å². The standard InChI is InChI=1S/C14H21N5O4/c1-2-3-4-7(20)11-9(21)10(22)14(23-11)19-6-18-8-12(15)16-5-17-13(8)19/h5-7,9-11,14,20-22H,2-4H2,1H3,(H2,15,16,17)/t7-,9-,10+,11+,14?/m0/s1. The molecule has 0 bridgehead atoms. The van der Waals surface area contributed by atoms with E-state index in [1.54, 1.807) is 0 Å². The van der Waals surface area contributed by atoms with E-state index in [4.69, 9.17) is 10.5 Å². The molecule has 2 aromatic rings. The predicted octanol–water partition coefficient (Wildman–Crippen LogP) is -0.421. The number of ether oxygens (including phenoxy) is 1. The Morgan fingerprint density at radius 2 is 2.09 bits per heavy atom. The molecule has 0 aromatic carbocycles. The first-order valence-electron chi connectivity index (χ1n) is 7.67. The van der Waals surface area contributed by atoms with Crippen LogP contribution in [0.4, 0.5) is 5.82 Å². The summed E-state index contributed by atoms with van der Waals surface area (Å²) >= 11 is 0. The number of aliphatic hydroxyl groups excluding tert-OH is 3. The zero-order chi connectivity index (χ0) is 16.6. The van der Waals surface area contributed by atoms with E-state index in [2.05, 4.69) is 15.0 Å². The molecule has 5 N–H and O–H groups in total. The average molecular weight is 323 g/mol. The van der Waals surface area contributed by atoms with Crippen LogP contribution in [0.2, 0.25) is 0 Å². The summed E-state index contributed by atoms with van der Waals surface area (Å²) in [7, 11) is 0. The van der Waals surface area contributed by atoms with Crippen molar-refractivity contribution in [2.75, 3.05) is 5.73 Å². The first-order valence-corrected chi connectivity index (χ1v) is 7.67. The third-order valence-corrected chi connectivity index (χ3v) is 4.17. The van der Waals surface area contributed by atoms with E-state index in [0.29, 0.717) is 17.6 Å². The van der Waals surface area contributed by atoms with Crippen molar-refractivity contribution in [1.29, 1.82) is 0 Å². The molecule has 1 saturated heterocycles. The molecule has 3 rings (SSSR count). The molecule has 1 aliphatic rings. The molecule has 1 fully saturated rings. The van der Waals surface area contributed by atoms with Gasteiger partial charge in [-0.15, -0.1) is 0 Å². The van der Waals surface area contributed by atoms with Crippen LogP contribution in [0.15, 0.2) is 12.7 Å². The van der Waals surface area contributed by atoms with Crippen molar-refractivity contribution in [2.45, 2.75) is 56.8 Å². The molecule has 126 valence electrons. The smallest absolute Gasteiger partial charge is 0.167 e. The Hall–Kier alpha value is -1.81. The molecule has 1 aliphatic heterocycles. The Morgan fingerprint density at radius 1 is 1.30 bits per heavy atom. The summed E-state index contributed by atoms with van der Waals surface area (Å²) in [6, 6.07) is 0. The molecule has 23 heavy (non-hydrogen) atoms. The largest absolute Gasteiger partial charge is 0.390 e. The molecule has 0 aliphatic carbocycles. The Labute approximate surface area is 132 Å². The minimum Gasteiger partial charge on any atom is -0.390 e. The van der Waals surface area contributed by atoms with Gasteiger partial charge in [-0.1, -0.05) is 19.8 Å². The number of unbranched alkanes of at least 4 members (excludes halogenated alkanes) is 1. The monoisotopic (exact) mass is 323 g/mol. The lowest BCUT2D eigenvalue weighted by molar-refractivity contribution is -0.0857. The third kappa shape index (κ3) is 2.76. The molecule has 2 aromatic heterocycles. The minimum absolute atomic E-state index is 0.223. The van der Waals surface area contributed by atoms with Crippen LogP contribution in [-0.2, 0) is 4.74 Å². The SMILES string of the molecule is CCCC[C@H](O)[C@H]1OC(n2cnc3c(N)ncnc32)[C@H](O)[C@@H]1O. The van der Waals surface area contributed by atoms with Crippen molar-refractivity contribution < 1.29 is 20.1 Å². The maximum Gasteiger partial charge on any atom is 0.167 e. The number of nitrogen functional groups attached to an aromatic ring is 1. The van der Waals surface area contributed by atoms with Gasteiger partial charge in [0.2, 0.25) is 0 Å². The number of hydrogen-bond donors (Lipinski definition) is 4. The Balaban J connectivity index is 1.86. The zero-order valence-corrected chi connectivity index (χ0v) is 12.8. The number of anilines is 1. The molecular formula is C14H21N5O4. The van der Waals surface area contributed by atoms with Crippen molar-refractivity contribution in [3.8, 4) is 0 Å². The highest BCUT2D eigenvalue weighted by Gasteiger charge is 2.47. The van der Waals surface area contributed by atoms with Crippen LogP contribution in [0.3, 0.4) is 0 Å². The number of imidazole rings is 1. The molecule has 9 heteroatoms. The molecule has 0 radical (unpaired) electrons. The Bertz CT molecular complexity index is 678. The molecule has 9 nitrogen and oxygen atoms in total. The topological polar surface area (TPSA) is 140 Å². The summed E-state index contributed by atoms with van der Waals surface area (Å²) in [6.07, 6.45) is -0.0489. The van der Waals surface area contributed by atoms with Crippen LogP contribution in [-0.4, -0.2) is 59.3 Å². The van der Waals surface area contributed by atoms with Crippen LogP contribution < -0.4 is 5.73 Å². The second-order valence-electron chi connectivity index (χ2n) is 5.76. The summed E-state index contributed by atoms with van der Waals surface area (Å²) < 4.78 is 7.20. The van der Waals surface area contributed by atoms with Gasteiger partial charge >= 0.3 is 0 Å². The van der Waals surface area contributed by atoms with E-state index in [-0.39, 0.29) is 5.82 Å². The van der Waals surface area contributed by atoms with E-state index in [1.165, 1.54) is 17.2 Å². The maximum atomic E-state index is 10.3. The summed E-state index contributed by atoms with van der Waals surface area (Å²) in [5.74, 6) is 0.223. The molecular weight excluding hydrogens is 302 g/mol. The maximum absolute atomic E-state index is 10.3. The number of fused-ring (bicyclic) bond motifs is 1. The second kappa shape index (κ2) is 6.36. The second-order valence-corrected chi connectivity index (χ2v) is 5.76. The first-order chi connectivity index (χ1) is 11.0. The van der Waals surface area contributed by atoms with Crippen LogP contribution in [0.1, 0.15) is 32.4 Å². The van der Waals surface area contributed by atoms with Crippen molar-refractivity contribution in [3.05, 3.63) is 12.7 Å². The number of hydrogen-bond acceptors (Lipinski definition) is 8. The van der Waals surface area contributed by atoms with Crippen LogP contribution >= 0.6 is 0 Å². The van der Waals surface area contributed by atoms with E-state index in [0.717, 1.165) is 12.8 Å². The van der Waals surface area contributed by atoms with E-state index >= 15 is 0 Å². The number of aromatic nitrogens is 4. The highest BCUT2D eigenvalue weighted by molar-refractivity contribution is 5.81. The van der Waals surface area contributed by atoms with Gasteiger partial charge < -0.3 is 25.8 Å². The van der Waals surface area contributed by atoms with Gasteiger partial charge in [0.25, 0.3) is 0 Å². The van der Waals surface area contributed by atoms with E-state index in [1.807, 2.05) is 6.92 Å². The van der Waals surface area contributed by atoms with Gasteiger partial charge in [0, 0.05) is 0 Å². The first kappa shape index (κ1) is 16.1. The fourth-order valence-electron chi connectivity index (χ4n) is 2.87. The predicted molar refractivity (Wildman–Crippen MR) is 81.2 cm³/mol. The molecule has 5 atom stereocenters. The summed E-state index contributed by atoms with van der Waals surface area (Å²) in [5, 5.41) is 30.7. The van der Waals surface area contributed by atoms with Gasteiger partial charge in [0.15, 0.2) is 17.7 Å². The fraction of sp³-hybridized carbons (Fsp3) is 0.643. The van der Waals surface area contributed by atoms with Gasteiger partial charge in [-0.2, -0.15) is 0 Å². The van der Waals surface area contributed by atoms with E-state index < -0.39 is 30.6 Å². The van der Waals surface area contributed by atoms with Gasteiger partial charge in [-0.25, -0.2) is 15.0 Å². The summed E-state index contributed by atoms with van der Waals surface area (Å²) in [4.78, 5) is 12.1. The fourth-order valence-corrected chi connectivity index (χ4v) is 2.87. The molecule has 0 saturated carbocycles. The third-order valence-electron chi connectivity index (χ3n) is 4.17. The highest BCUT2D eigenvalue weighted by Crippen LogP contribution is 2.34. The molecule has 0 spiro atoms. The van der Waals surface area contributed by atoms with Gasteiger partial charge in [0.05, 0.1) is 12.4 Å². The van der Waals surface area contributed by atoms with Crippen molar-refractivity contribution in [3.63, 3.8) is 0 Å². The number of aliphatic hydroxyl groups is 3. The number of nitrogens with zero attached hydrogens (tertiary/aromatic N) is 4. The lowest BCUT2D eigenvalue weighted by Gasteiger charge is -2.20. The van der Waals surface area contributed by atoms with Gasteiger partial charge in [0.1, 0.15) is 30.2 Å². The van der Waals surface area contributed by atoms with Crippen LogP contribution in [0.5, 0.6) is 0 Å². The van der Waals surface area contributed by atoms with Crippen LogP contribution in [0.25, 0.3) is 11.2 Å². The lowest BCUT2D eigenvalue weighted by atomic mass is 10.0. The van der Waals surface area contributed by atoms with Crippen LogP contribution in [0, 0.1) is 0 Å². The minimum atomic E-state index is -1.20. The molecule has 3 heterocycles. The van der Waals surface area contributed by atoms with Gasteiger partial charge in [-0.05, 0) is 6.42 Å². The van der Waals surface area contributed by atoms with E-state index in [9.17, 15) is 15.3 Å². The average Bonchev–Trinajstić information content (AvgIpc) is 3.09. The van der Waals surface area contributed by atoms with Gasteiger partial charge in [-0.3, -0.25) is 4.57 Å². The lowest BCUT2D eigenvalue weighted by Crippen LogP contribution is -2.38.